The zero-order valence-electron chi connectivity index (χ0n) is 7.72. The molecule has 0 spiro atoms. The van der Waals surface area contributed by atoms with Gasteiger partial charge in [0.15, 0.2) is 0 Å². The van der Waals surface area contributed by atoms with E-state index in [0.29, 0.717) is 13.1 Å². The summed E-state index contributed by atoms with van der Waals surface area (Å²) in [4.78, 5) is 0. The first kappa shape index (κ1) is 9.99. The van der Waals surface area contributed by atoms with E-state index < -0.39 is 0 Å². The standard InChI is InChI=1S/C10H14FNO/c1-13-10-5-3-2-4-9(10)8-12-7-6-11/h2-5,12H,6-8H2,1H3. The summed E-state index contributed by atoms with van der Waals surface area (Å²) >= 11 is 0. The van der Waals surface area contributed by atoms with Gasteiger partial charge in [-0.05, 0) is 6.07 Å². The molecular weight excluding hydrogens is 169 g/mol. The van der Waals surface area contributed by atoms with Crippen molar-refractivity contribution in [3.8, 4) is 5.75 Å². The van der Waals surface area contributed by atoms with E-state index in [0.717, 1.165) is 11.3 Å². The fourth-order valence-electron chi connectivity index (χ4n) is 1.14. The molecule has 1 aromatic carbocycles. The Hall–Kier alpha value is -1.09. The predicted octanol–water partition coefficient (Wildman–Crippen LogP) is 1.75. The second kappa shape index (κ2) is 5.54. The lowest BCUT2D eigenvalue weighted by Crippen LogP contribution is -2.16. The van der Waals surface area contributed by atoms with E-state index in [1.165, 1.54) is 0 Å². The van der Waals surface area contributed by atoms with Gasteiger partial charge in [0, 0.05) is 18.7 Å². The van der Waals surface area contributed by atoms with Crippen LogP contribution in [0.2, 0.25) is 0 Å². The first-order chi connectivity index (χ1) is 6.38. The summed E-state index contributed by atoms with van der Waals surface area (Å²) in [6.45, 7) is 0.696. The van der Waals surface area contributed by atoms with Gasteiger partial charge in [-0.3, -0.25) is 0 Å². The van der Waals surface area contributed by atoms with E-state index in [9.17, 15) is 4.39 Å². The van der Waals surface area contributed by atoms with Gasteiger partial charge < -0.3 is 10.1 Å². The molecule has 0 aliphatic heterocycles. The van der Waals surface area contributed by atoms with Gasteiger partial charge in [-0.25, -0.2) is 4.39 Å². The number of hydrogen-bond donors (Lipinski definition) is 1. The van der Waals surface area contributed by atoms with Gasteiger partial charge >= 0.3 is 0 Å². The Balaban J connectivity index is 2.54. The largest absolute Gasteiger partial charge is 0.496 e. The van der Waals surface area contributed by atoms with Crippen molar-refractivity contribution in [3.05, 3.63) is 29.8 Å². The van der Waals surface area contributed by atoms with Gasteiger partial charge in [0.2, 0.25) is 0 Å². The minimum absolute atomic E-state index is 0.338. The highest BCUT2D eigenvalue weighted by Gasteiger charge is 1.99. The maximum absolute atomic E-state index is 11.8. The topological polar surface area (TPSA) is 21.3 Å². The SMILES string of the molecule is COc1ccccc1CNCCF. The first-order valence-corrected chi connectivity index (χ1v) is 4.27. The molecule has 0 fully saturated rings. The fraction of sp³-hybridized carbons (Fsp3) is 0.400. The number of alkyl halides is 1. The molecule has 0 bridgehead atoms. The molecule has 2 nitrogen and oxygen atoms in total. The van der Waals surface area contributed by atoms with Crippen molar-refractivity contribution in [2.24, 2.45) is 0 Å². The minimum Gasteiger partial charge on any atom is -0.496 e. The van der Waals surface area contributed by atoms with Crippen molar-refractivity contribution in [1.82, 2.24) is 5.32 Å². The van der Waals surface area contributed by atoms with Crippen LogP contribution < -0.4 is 10.1 Å². The summed E-state index contributed by atoms with van der Waals surface area (Å²) in [6.07, 6.45) is 0. The summed E-state index contributed by atoms with van der Waals surface area (Å²) in [5.41, 5.74) is 1.05. The van der Waals surface area contributed by atoms with Crippen LogP contribution in [0.1, 0.15) is 5.56 Å². The van der Waals surface area contributed by atoms with Gasteiger partial charge in [-0.1, -0.05) is 18.2 Å². The molecular formula is C10H14FNO. The quantitative estimate of drug-likeness (QED) is 0.702. The molecule has 0 heterocycles. The Morgan fingerprint density at radius 2 is 2.15 bits per heavy atom. The summed E-state index contributed by atoms with van der Waals surface area (Å²) in [5, 5.41) is 2.97. The highest BCUT2D eigenvalue weighted by molar-refractivity contribution is 5.32. The Labute approximate surface area is 77.7 Å². The second-order valence-electron chi connectivity index (χ2n) is 2.68. The van der Waals surface area contributed by atoms with Crippen LogP contribution >= 0.6 is 0 Å². The fourth-order valence-corrected chi connectivity index (χ4v) is 1.14. The van der Waals surface area contributed by atoms with E-state index in [-0.39, 0.29) is 6.67 Å². The molecule has 0 unspecified atom stereocenters. The predicted molar refractivity (Wildman–Crippen MR) is 50.7 cm³/mol. The summed E-state index contributed by atoms with van der Waals surface area (Å²) in [5.74, 6) is 0.842. The van der Waals surface area contributed by atoms with Crippen LogP contribution in [0.25, 0.3) is 0 Å². The van der Waals surface area contributed by atoms with Crippen molar-refractivity contribution in [3.63, 3.8) is 0 Å². The van der Waals surface area contributed by atoms with Crippen LogP contribution in [0.4, 0.5) is 4.39 Å². The third kappa shape index (κ3) is 3.03. The molecule has 3 heteroatoms. The van der Waals surface area contributed by atoms with E-state index in [1.54, 1.807) is 7.11 Å². The number of rotatable bonds is 5. The van der Waals surface area contributed by atoms with Crippen molar-refractivity contribution in [1.29, 1.82) is 0 Å². The van der Waals surface area contributed by atoms with Crippen molar-refractivity contribution < 1.29 is 9.13 Å². The smallest absolute Gasteiger partial charge is 0.123 e. The number of hydrogen-bond acceptors (Lipinski definition) is 2. The Bertz CT molecular complexity index is 252. The molecule has 0 aliphatic carbocycles. The average Bonchev–Trinajstić information content (AvgIpc) is 2.19. The number of methoxy groups -OCH3 is 1. The van der Waals surface area contributed by atoms with Gasteiger partial charge in [0.05, 0.1) is 7.11 Å². The highest BCUT2D eigenvalue weighted by Crippen LogP contribution is 2.16. The molecule has 0 aliphatic rings. The van der Waals surface area contributed by atoms with Crippen LogP contribution in [-0.4, -0.2) is 20.3 Å². The number of para-hydroxylation sites is 1. The molecule has 1 aromatic rings. The molecule has 0 amide bonds. The lowest BCUT2D eigenvalue weighted by Gasteiger charge is -2.07. The molecule has 0 atom stereocenters. The number of benzene rings is 1. The molecule has 13 heavy (non-hydrogen) atoms. The van der Waals surface area contributed by atoms with E-state index in [4.69, 9.17) is 4.74 Å². The van der Waals surface area contributed by atoms with Gasteiger partial charge in [0.25, 0.3) is 0 Å². The van der Waals surface area contributed by atoms with E-state index >= 15 is 0 Å². The molecule has 1 rings (SSSR count). The van der Waals surface area contributed by atoms with Gasteiger partial charge in [-0.15, -0.1) is 0 Å². The number of ether oxygens (including phenoxy) is 1. The Morgan fingerprint density at radius 3 is 2.85 bits per heavy atom. The molecule has 72 valence electrons. The zero-order valence-corrected chi connectivity index (χ0v) is 7.72. The molecule has 0 radical (unpaired) electrons. The maximum Gasteiger partial charge on any atom is 0.123 e. The normalized spacial score (nSPS) is 10.0. The van der Waals surface area contributed by atoms with Crippen LogP contribution in [0, 0.1) is 0 Å². The van der Waals surface area contributed by atoms with Crippen LogP contribution in [0.5, 0.6) is 5.75 Å². The Morgan fingerprint density at radius 1 is 1.38 bits per heavy atom. The van der Waals surface area contributed by atoms with Crippen LogP contribution in [0.15, 0.2) is 24.3 Å². The molecule has 0 saturated heterocycles. The molecule has 1 N–H and O–H groups in total. The minimum atomic E-state index is -0.338. The monoisotopic (exact) mass is 183 g/mol. The first-order valence-electron chi connectivity index (χ1n) is 4.27. The number of halogens is 1. The Kier molecular flexibility index (Phi) is 4.26. The van der Waals surface area contributed by atoms with Crippen molar-refractivity contribution >= 4 is 0 Å². The lowest BCUT2D eigenvalue weighted by molar-refractivity contribution is 0.405. The van der Waals surface area contributed by atoms with E-state index in [2.05, 4.69) is 5.32 Å². The molecule has 0 saturated carbocycles. The van der Waals surface area contributed by atoms with Crippen molar-refractivity contribution in [2.45, 2.75) is 6.54 Å². The van der Waals surface area contributed by atoms with E-state index in [1.807, 2.05) is 24.3 Å². The third-order valence-corrected chi connectivity index (χ3v) is 1.78. The highest BCUT2D eigenvalue weighted by atomic mass is 19.1. The second-order valence-corrected chi connectivity index (χ2v) is 2.68. The van der Waals surface area contributed by atoms with Gasteiger partial charge in [0.1, 0.15) is 12.4 Å². The van der Waals surface area contributed by atoms with Crippen LogP contribution in [-0.2, 0) is 6.54 Å². The summed E-state index contributed by atoms with van der Waals surface area (Å²) in [6, 6.07) is 7.71. The average molecular weight is 183 g/mol. The van der Waals surface area contributed by atoms with Gasteiger partial charge in [-0.2, -0.15) is 0 Å². The molecule has 0 aromatic heterocycles. The third-order valence-electron chi connectivity index (χ3n) is 1.78. The van der Waals surface area contributed by atoms with Crippen LogP contribution in [0.3, 0.4) is 0 Å². The number of nitrogens with one attached hydrogen (secondary N) is 1. The summed E-state index contributed by atoms with van der Waals surface area (Å²) in [7, 11) is 1.63. The van der Waals surface area contributed by atoms with Crippen molar-refractivity contribution in [2.75, 3.05) is 20.3 Å². The lowest BCUT2D eigenvalue weighted by atomic mass is 10.2. The zero-order chi connectivity index (χ0) is 9.52. The maximum atomic E-state index is 11.8. The summed E-state index contributed by atoms with van der Waals surface area (Å²) < 4.78 is 16.9.